The minimum Gasteiger partial charge on any atom is -0.506 e. The highest BCUT2D eigenvalue weighted by molar-refractivity contribution is 7.23. The second kappa shape index (κ2) is 7.47. The summed E-state index contributed by atoms with van der Waals surface area (Å²) in [6.45, 7) is 0. The summed E-state index contributed by atoms with van der Waals surface area (Å²) in [4.78, 5) is 20.3. The predicted molar refractivity (Wildman–Crippen MR) is 113 cm³/mol. The van der Waals surface area contributed by atoms with Crippen LogP contribution in [-0.4, -0.2) is 16.3 Å². The fourth-order valence-corrected chi connectivity index (χ4v) is 4.49. The molecule has 0 aliphatic carbocycles. The summed E-state index contributed by atoms with van der Waals surface area (Å²) in [5.41, 5.74) is 2.48. The molecular formula is C20H14ClN3O3S. The number of thiophene rings is 1. The van der Waals surface area contributed by atoms with Crippen LogP contribution in [0, 0.1) is 0 Å². The zero-order valence-corrected chi connectivity index (χ0v) is 15.9. The molecule has 4 aromatic rings. The molecule has 6 nitrogen and oxygen atoms in total. The highest BCUT2D eigenvalue weighted by atomic mass is 35.5. The van der Waals surface area contributed by atoms with Crippen LogP contribution in [0.25, 0.3) is 32.5 Å². The van der Waals surface area contributed by atoms with E-state index in [0.29, 0.717) is 31.2 Å². The number of pyridine rings is 1. The Morgan fingerprint density at radius 2 is 1.86 bits per heavy atom. The lowest BCUT2D eigenvalue weighted by Crippen LogP contribution is -2.08. The number of aromatic amines is 1. The van der Waals surface area contributed by atoms with Gasteiger partial charge in [-0.2, -0.15) is 0 Å². The number of H-pyrrole nitrogens is 1. The van der Waals surface area contributed by atoms with Crippen LogP contribution < -0.4 is 11.5 Å². The van der Waals surface area contributed by atoms with Gasteiger partial charge in [-0.25, -0.2) is 0 Å². The summed E-state index contributed by atoms with van der Waals surface area (Å²) >= 11 is 7.67. The Morgan fingerprint density at radius 1 is 1.11 bits per heavy atom. The minimum atomic E-state index is -0.410. The van der Waals surface area contributed by atoms with Gasteiger partial charge in [-0.05, 0) is 22.8 Å². The predicted octanol–water partition coefficient (Wildman–Crippen LogP) is 4.51. The number of hydrogen-bond acceptors (Lipinski definition) is 6. The van der Waals surface area contributed by atoms with Gasteiger partial charge >= 0.3 is 0 Å². The number of rotatable bonds is 4. The Bertz CT molecular complexity index is 1250. The number of hydrogen-bond donors (Lipinski definition) is 3. The number of aromatic hydroxyl groups is 1. The lowest BCUT2D eigenvalue weighted by atomic mass is 9.99. The van der Waals surface area contributed by atoms with E-state index in [9.17, 15) is 9.90 Å². The van der Waals surface area contributed by atoms with Crippen LogP contribution in [0.1, 0.15) is 5.56 Å². The van der Waals surface area contributed by atoms with E-state index in [1.807, 2.05) is 30.3 Å². The Labute approximate surface area is 168 Å². The number of nitrogens with zero attached hydrogens (tertiary/aromatic N) is 1. The van der Waals surface area contributed by atoms with Crippen LogP contribution in [0.2, 0.25) is 4.34 Å². The first-order valence-electron chi connectivity index (χ1n) is 8.22. The van der Waals surface area contributed by atoms with Crippen LogP contribution in [0.3, 0.4) is 0 Å². The lowest BCUT2D eigenvalue weighted by Gasteiger charge is -2.08. The first kappa shape index (κ1) is 18.2. The van der Waals surface area contributed by atoms with Crippen molar-refractivity contribution < 1.29 is 10.0 Å². The molecule has 0 saturated heterocycles. The number of benzene rings is 2. The van der Waals surface area contributed by atoms with Crippen molar-refractivity contribution in [2.75, 3.05) is 0 Å². The molecule has 2 heterocycles. The molecule has 0 bridgehead atoms. The molecule has 0 radical (unpaired) electrons. The van der Waals surface area contributed by atoms with Crippen LogP contribution in [-0.2, 0) is 4.94 Å². The molecule has 8 heteroatoms. The Morgan fingerprint density at radius 3 is 2.61 bits per heavy atom. The van der Waals surface area contributed by atoms with Crippen LogP contribution in [0.4, 0.5) is 0 Å². The normalized spacial score (nSPS) is 11.4. The highest BCUT2D eigenvalue weighted by Crippen LogP contribution is 2.46. The van der Waals surface area contributed by atoms with Crippen molar-refractivity contribution in [1.29, 1.82) is 0 Å². The third-order valence-corrected chi connectivity index (χ3v) is 5.61. The average Bonchev–Trinajstić information content (AvgIpc) is 3.03. The zero-order chi connectivity index (χ0) is 19.7. The maximum Gasteiger partial charge on any atom is 0.260 e. The summed E-state index contributed by atoms with van der Waals surface area (Å²) in [6.07, 6.45) is 1.41. The molecule has 28 heavy (non-hydrogen) atoms. The average molecular weight is 412 g/mol. The van der Waals surface area contributed by atoms with E-state index < -0.39 is 5.56 Å². The molecule has 0 aliphatic heterocycles. The van der Waals surface area contributed by atoms with Gasteiger partial charge in [0.05, 0.1) is 17.2 Å². The van der Waals surface area contributed by atoms with Crippen molar-refractivity contribution in [3.63, 3.8) is 0 Å². The molecule has 0 saturated carbocycles. The lowest BCUT2D eigenvalue weighted by molar-refractivity contribution is 0.150. The SMILES string of the molecule is NO/N=C/c1cccc(-c2c(O)c3c(-c4ccccc4)c(Cl)sc3[nH]c2=O)c1. The number of nitrogens with two attached hydrogens (primary N) is 1. The van der Waals surface area contributed by atoms with Crippen LogP contribution >= 0.6 is 22.9 Å². The highest BCUT2D eigenvalue weighted by Gasteiger charge is 2.21. The molecular weight excluding hydrogens is 398 g/mol. The summed E-state index contributed by atoms with van der Waals surface area (Å²) in [5.74, 6) is 4.79. The fourth-order valence-electron chi connectivity index (χ4n) is 3.11. The van der Waals surface area contributed by atoms with Gasteiger partial charge in [0, 0.05) is 5.56 Å². The quantitative estimate of drug-likeness (QED) is 0.340. The largest absolute Gasteiger partial charge is 0.506 e. The van der Waals surface area contributed by atoms with Crippen molar-refractivity contribution in [3.05, 3.63) is 74.9 Å². The van der Waals surface area contributed by atoms with E-state index in [4.69, 9.17) is 17.5 Å². The molecule has 0 atom stereocenters. The Balaban J connectivity index is 1.99. The number of oxime groups is 1. The van der Waals surface area contributed by atoms with Crippen LogP contribution in [0.15, 0.2) is 64.5 Å². The van der Waals surface area contributed by atoms with E-state index in [0.717, 1.165) is 5.56 Å². The van der Waals surface area contributed by atoms with Crippen LogP contribution in [0.5, 0.6) is 5.75 Å². The number of halogens is 1. The third kappa shape index (κ3) is 3.16. The van der Waals surface area contributed by atoms with Gasteiger partial charge < -0.3 is 15.0 Å². The van der Waals surface area contributed by atoms with Gasteiger partial charge in [0.25, 0.3) is 5.56 Å². The van der Waals surface area contributed by atoms with Gasteiger partial charge in [0.15, 0.2) is 0 Å². The maximum absolute atomic E-state index is 12.7. The molecule has 0 fully saturated rings. The zero-order valence-electron chi connectivity index (χ0n) is 14.3. The van der Waals surface area contributed by atoms with E-state index in [2.05, 4.69) is 15.1 Å². The summed E-state index contributed by atoms with van der Waals surface area (Å²) in [7, 11) is 0. The molecule has 0 amide bonds. The van der Waals surface area contributed by atoms with E-state index in [1.165, 1.54) is 17.6 Å². The van der Waals surface area contributed by atoms with Gasteiger partial charge in [-0.1, -0.05) is 65.3 Å². The van der Waals surface area contributed by atoms with Gasteiger partial charge in [0.2, 0.25) is 0 Å². The van der Waals surface area contributed by atoms with Gasteiger partial charge in [0.1, 0.15) is 14.9 Å². The van der Waals surface area contributed by atoms with E-state index >= 15 is 0 Å². The molecule has 0 spiro atoms. The van der Waals surface area contributed by atoms with Crippen molar-refractivity contribution >= 4 is 39.4 Å². The number of aromatic nitrogens is 1. The first-order chi connectivity index (χ1) is 13.6. The second-order valence-corrected chi connectivity index (χ2v) is 7.59. The molecule has 2 aromatic heterocycles. The molecule has 140 valence electrons. The summed E-state index contributed by atoms with van der Waals surface area (Å²) in [5, 5.41) is 15.1. The third-order valence-electron chi connectivity index (χ3n) is 4.29. The smallest absolute Gasteiger partial charge is 0.260 e. The van der Waals surface area contributed by atoms with Gasteiger partial charge in [-0.3, -0.25) is 4.79 Å². The number of fused-ring (bicyclic) bond motifs is 1. The van der Waals surface area contributed by atoms with Gasteiger partial charge in [-0.15, -0.1) is 17.2 Å². The first-order valence-corrected chi connectivity index (χ1v) is 9.42. The maximum atomic E-state index is 12.7. The standard InChI is InChI=1S/C20H14ClN3O3S/c21-18-14(12-6-2-1-3-7-12)16-17(25)15(19(26)24-20(16)28-18)13-8-4-5-11(9-13)10-23-27-22/h1-10H,22H2,(H2,24,25,26)/b23-10+. The summed E-state index contributed by atoms with van der Waals surface area (Å²) in [6, 6.07) is 16.4. The molecule has 4 rings (SSSR count). The second-order valence-electron chi connectivity index (χ2n) is 5.96. The molecule has 2 aromatic carbocycles. The summed E-state index contributed by atoms with van der Waals surface area (Å²) < 4.78 is 0.491. The number of nitrogens with one attached hydrogen (secondary N) is 1. The fraction of sp³-hybridized carbons (Fsp3) is 0. The Kier molecular flexibility index (Phi) is 4.87. The van der Waals surface area contributed by atoms with E-state index in [-0.39, 0.29) is 11.3 Å². The van der Waals surface area contributed by atoms with Crippen molar-refractivity contribution in [1.82, 2.24) is 4.98 Å². The molecule has 0 aliphatic rings. The molecule has 0 unspecified atom stereocenters. The molecule has 4 N–H and O–H groups in total. The van der Waals surface area contributed by atoms with Crippen molar-refractivity contribution in [3.8, 4) is 28.0 Å². The minimum absolute atomic E-state index is 0.120. The van der Waals surface area contributed by atoms with Crippen molar-refractivity contribution in [2.24, 2.45) is 11.1 Å². The topological polar surface area (TPSA) is 101 Å². The monoisotopic (exact) mass is 411 g/mol. The van der Waals surface area contributed by atoms with E-state index in [1.54, 1.807) is 24.3 Å². The van der Waals surface area contributed by atoms with Crippen molar-refractivity contribution in [2.45, 2.75) is 0 Å². The Hall–Kier alpha value is -3.13.